The van der Waals surface area contributed by atoms with E-state index in [1.807, 2.05) is 22.4 Å². The first kappa shape index (κ1) is 18.5. The van der Waals surface area contributed by atoms with Crippen LogP contribution < -0.4 is 0 Å². The molecule has 0 saturated carbocycles. The number of ether oxygens (including phenoxy) is 1. The molecule has 1 atom stereocenters. The van der Waals surface area contributed by atoms with Crippen molar-refractivity contribution in [1.29, 1.82) is 0 Å². The van der Waals surface area contributed by atoms with Crippen molar-refractivity contribution >= 4 is 17.2 Å². The first-order valence-corrected chi connectivity index (χ1v) is 10.3. The third-order valence-electron chi connectivity index (χ3n) is 5.21. The highest BCUT2D eigenvalue weighted by Crippen LogP contribution is 2.27. The van der Waals surface area contributed by atoms with Crippen LogP contribution in [-0.2, 0) is 9.53 Å². The van der Waals surface area contributed by atoms with Gasteiger partial charge >= 0.3 is 0 Å². The highest BCUT2D eigenvalue weighted by atomic mass is 32.1. The van der Waals surface area contributed by atoms with Gasteiger partial charge in [0, 0.05) is 39.3 Å². The van der Waals surface area contributed by atoms with Crippen LogP contribution in [0.3, 0.4) is 0 Å². The monoisotopic (exact) mass is 391 g/mol. The van der Waals surface area contributed by atoms with E-state index in [1.165, 1.54) is 0 Å². The predicted molar refractivity (Wildman–Crippen MR) is 101 cm³/mol. The summed E-state index contributed by atoms with van der Waals surface area (Å²) in [5, 5.41) is 10.4. The predicted octanol–water partition coefficient (Wildman–Crippen LogP) is 1.34. The molecular formula is C18H25N5O3S. The van der Waals surface area contributed by atoms with Crippen LogP contribution in [0.25, 0.3) is 10.8 Å². The minimum absolute atomic E-state index is 0.0442. The molecule has 0 aromatic carbocycles. The van der Waals surface area contributed by atoms with E-state index >= 15 is 0 Å². The maximum absolute atomic E-state index is 12.5. The molecule has 0 radical (unpaired) electrons. The van der Waals surface area contributed by atoms with E-state index in [9.17, 15) is 4.79 Å². The maximum Gasteiger partial charge on any atom is 0.257 e. The highest BCUT2D eigenvalue weighted by Gasteiger charge is 2.28. The van der Waals surface area contributed by atoms with E-state index in [1.54, 1.807) is 11.3 Å². The summed E-state index contributed by atoms with van der Waals surface area (Å²) in [4.78, 5) is 19.9. The van der Waals surface area contributed by atoms with Gasteiger partial charge in [0.1, 0.15) is 0 Å². The third kappa shape index (κ3) is 4.37. The largest absolute Gasteiger partial charge is 0.418 e. The number of hydrogen-bond acceptors (Lipinski definition) is 8. The fourth-order valence-electron chi connectivity index (χ4n) is 3.47. The van der Waals surface area contributed by atoms with Crippen LogP contribution in [-0.4, -0.2) is 89.8 Å². The van der Waals surface area contributed by atoms with E-state index in [0.717, 1.165) is 57.4 Å². The van der Waals surface area contributed by atoms with Crippen LogP contribution in [0.4, 0.5) is 0 Å². The topological polar surface area (TPSA) is 74.9 Å². The summed E-state index contributed by atoms with van der Waals surface area (Å²) >= 11 is 1.59. The molecule has 0 N–H and O–H groups in total. The quantitative estimate of drug-likeness (QED) is 0.761. The van der Waals surface area contributed by atoms with Crippen LogP contribution in [0, 0.1) is 0 Å². The van der Waals surface area contributed by atoms with Gasteiger partial charge in [0.15, 0.2) is 0 Å². The third-order valence-corrected chi connectivity index (χ3v) is 6.07. The molecule has 2 aliphatic heterocycles. The summed E-state index contributed by atoms with van der Waals surface area (Å²) in [7, 11) is 0. The Balaban J connectivity index is 1.29. The molecular weight excluding hydrogens is 366 g/mol. The molecule has 2 aromatic heterocycles. The van der Waals surface area contributed by atoms with Gasteiger partial charge in [0.25, 0.3) is 5.89 Å². The molecule has 2 fully saturated rings. The number of morpholine rings is 1. The number of amides is 1. The summed E-state index contributed by atoms with van der Waals surface area (Å²) in [5.74, 6) is 1.42. The molecule has 9 heteroatoms. The second-order valence-corrected chi connectivity index (χ2v) is 7.85. The summed E-state index contributed by atoms with van der Waals surface area (Å²) < 4.78 is 11.2. The number of rotatable bonds is 5. The lowest BCUT2D eigenvalue weighted by molar-refractivity contribution is -0.135. The van der Waals surface area contributed by atoms with Crippen LogP contribution >= 0.6 is 11.3 Å². The van der Waals surface area contributed by atoms with Gasteiger partial charge in [0.2, 0.25) is 11.8 Å². The molecule has 1 amide bonds. The van der Waals surface area contributed by atoms with Gasteiger partial charge in [-0.3, -0.25) is 14.6 Å². The van der Waals surface area contributed by atoms with E-state index in [4.69, 9.17) is 9.15 Å². The lowest BCUT2D eigenvalue weighted by Crippen LogP contribution is -2.52. The smallest absolute Gasteiger partial charge is 0.257 e. The first-order valence-electron chi connectivity index (χ1n) is 9.40. The fraction of sp³-hybridized carbons (Fsp3) is 0.611. The molecule has 2 saturated heterocycles. The number of carbonyl (C=O) groups is 1. The van der Waals surface area contributed by atoms with Crippen LogP contribution in [0.15, 0.2) is 21.9 Å². The standard InChI is InChI=1S/C18H25N5O3S/c1-14(17-19-20-18(26-17)15-3-2-12-27-15)22-4-6-23(7-5-22)16(24)13-21-8-10-25-11-9-21/h2-3,12,14H,4-11,13H2,1H3/t14-/m0/s1. The lowest BCUT2D eigenvalue weighted by Gasteiger charge is -2.38. The molecule has 0 aliphatic carbocycles. The zero-order valence-corrected chi connectivity index (χ0v) is 16.4. The number of piperazine rings is 1. The van der Waals surface area contributed by atoms with Crippen molar-refractivity contribution in [2.75, 3.05) is 59.0 Å². The van der Waals surface area contributed by atoms with Gasteiger partial charge in [-0.2, -0.15) is 0 Å². The van der Waals surface area contributed by atoms with Crippen molar-refractivity contribution in [2.45, 2.75) is 13.0 Å². The van der Waals surface area contributed by atoms with Gasteiger partial charge < -0.3 is 14.1 Å². The number of hydrogen-bond donors (Lipinski definition) is 0. The second kappa shape index (κ2) is 8.47. The van der Waals surface area contributed by atoms with Crippen molar-refractivity contribution < 1.29 is 13.9 Å². The van der Waals surface area contributed by atoms with E-state index < -0.39 is 0 Å². The van der Waals surface area contributed by atoms with Crippen molar-refractivity contribution in [3.63, 3.8) is 0 Å². The van der Waals surface area contributed by atoms with Crippen LogP contribution in [0.2, 0.25) is 0 Å². The van der Waals surface area contributed by atoms with Crippen molar-refractivity contribution in [1.82, 2.24) is 24.9 Å². The number of carbonyl (C=O) groups excluding carboxylic acids is 1. The summed E-state index contributed by atoms with van der Waals surface area (Å²) in [6.45, 7) is 8.79. The summed E-state index contributed by atoms with van der Waals surface area (Å²) in [6, 6.07) is 3.99. The van der Waals surface area contributed by atoms with Gasteiger partial charge in [-0.05, 0) is 18.4 Å². The number of aromatic nitrogens is 2. The molecule has 27 heavy (non-hydrogen) atoms. The van der Waals surface area contributed by atoms with Gasteiger partial charge in [-0.1, -0.05) is 6.07 Å². The van der Waals surface area contributed by atoms with Crippen molar-refractivity contribution in [3.8, 4) is 10.8 Å². The molecule has 2 aliphatic rings. The molecule has 0 spiro atoms. The van der Waals surface area contributed by atoms with Crippen molar-refractivity contribution in [3.05, 3.63) is 23.4 Å². The van der Waals surface area contributed by atoms with E-state index in [0.29, 0.717) is 18.3 Å². The Morgan fingerprint density at radius 1 is 1.19 bits per heavy atom. The van der Waals surface area contributed by atoms with E-state index in [-0.39, 0.29) is 11.9 Å². The normalized spacial score (nSPS) is 20.7. The van der Waals surface area contributed by atoms with Gasteiger partial charge in [0.05, 0.1) is 30.7 Å². The van der Waals surface area contributed by atoms with Crippen LogP contribution in [0.1, 0.15) is 18.9 Å². The molecule has 2 aromatic rings. The average molecular weight is 391 g/mol. The highest BCUT2D eigenvalue weighted by molar-refractivity contribution is 7.13. The maximum atomic E-state index is 12.5. The van der Waals surface area contributed by atoms with Gasteiger partial charge in [-0.15, -0.1) is 21.5 Å². The Labute approximate surface area is 162 Å². The Morgan fingerprint density at radius 2 is 1.96 bits per heavy atom. The van der Waals surface area contributed by atoms with Crippen molar-refractivity contribution in [2.24, 2.45) is 0 Å². The molecule has 146 valence electrons. The molecule has 8 nitrogen and oxygen atoms in total. The van der Waals surface area contributed by atoms with E-state index in [2.05, 4.69) is 26.9 Å². The Kier molecular flexibility index (Phi) is 5.82. The summed E-state index contributed by atoms with van der Waals surface area (Å²) in [6.07, 6.45) is 0. The molecule has 4 heterocycles. The molecule has 0 unspecified atom stereocenters. The Bertz CT molecular complexity index is 736. The molecule has 0 bridgehead atoms. The minimum Gasteiger partial charge on any atom is -0.418 e. The SMILES string of the molecule is C[C@@H](c1nnc(-c2cccs2)o1)N1CCN(C(=O)CN2CCOCC2)CC1. The number of nitrogens with zero attached hydrogens (tertiary/aromatic N) is 5. The zero-order chi connectivity index (χ0) is 18.6. The molecule has 4 rings (SSSR count). The average Bonchev–Trinajstić information content (AvgIpc) is 3.40. The Morgan fingerprint density at radius 3 is 2.67 bits per heavy atom. The summed E-state index contributed by atoms with van der Waals surface area (Å²) in [5.41, 5.74) is 0. The fourth-order valence-corrected chi connectivity index (χ4v) is 4.11. The minimum atomic E-state index is 0.0442. The zero-order valence-electron chi connectivity index (χ0n) is 15.5. The Hall–Kier alpha value is -1.81. The number of thiophene rings is 1. The lowest BCUT2D eigenvalue weighted by atomic mass is 10.2. The first-order chi connectivity index (χ1) is 13.2. The van der Waals surface area contributed by atoms with Crippen LogP contribution in [0.5, 0.6) is 0 Å². The second-order valence-electron chi connectivity index (χ2n) is 6.90. The van der Waals surface area contributed by atoms with Gasteiger partial charge in [-0.25, -0.2) is 0 Å².